The molecule has 1 aromatic carbocycles. The van der Waals surface area contributed by atoms with Gasteiger partial charge in [0.05, 0.1) is 0 Å². The second-order valence-corrected chi connectivity index (χ2v) is 3.09. The third-order valence-electron chi connectivity index (χ3n) is 1.30. The van der Waals surface area contributed by atoms with E-state index in [0.29, 0.717) is 0 Å². The molecule has 0 radical (unpaired) electrons. The van der Waals surface area contributed by atoms with E-state index in [0.717, 1.165) is 11.6 Å². The van der Waals surface area contributed by atoms with E-state index in [1.54, 1.807) is 24.3 Å². The fourth-order valence-corrected chi connectivity index (χ4v) is 0.801. The summed E-state index contributed by atoms with van der Waals surface area (Å²) < 4.78 is 20.7. The van der Waals surface area contributed by atoms with Gasteiger partial charge in [0.2, 0.25) is 0 Å². The third-order valence-corrected chi connectivity index (χ3v) is 1.55. The molecule has 1 aromatic rings. The van der Waals surface area contributed by atoms with Gasteiger partial charge in [-0.1, -0.05) is 34.7 Å². The SMILES string of the molecule is O=C=N[SH](=O)=O.O=[N+]([O-])OCc1ccccc1. The summed E-state index contributed by atoms with van der Waals surface area (Å²) in [5.41, 5.74) is 0.796. The summed E-state index contributed by atoms with van der Waals surface area (Å²) in [4.78, 5) is 22.8. The number of thiol groups is 1. The summed E-state index contributed by atoms with van der Waals surface area (Å²) in [6, 6.07) is 8.99. The van der Waals surface area contributed by atoms with Crippen molar-refractivity contribution in [2.75, 3.05) is 0 Å². The summed E-state index contributed by atoms with van der Waals surface area (Å²) in [5.74, 6) is 0. The second kappa shape index (κ2) is 9.01. The predicted octanol–water partition coefficient (Wildman–Crippen LogP) is 0.244. The van der Waals surface area contributed by atoms with Crippen molar-refractivity contribution < 1.29 is 23.1 Å². The van der Waals surface area contributed by atoms with Crippen molar-refractivity contribution in [2.45, 2.75) is 6.61 Å². The van der Waals surface area contributed by atoms with Crippen LogP contribution in [0.2, 0.25) is 0 Å². The molecule has 17 heavy (non-hydrogen) atoms. The first-order valence-corrected chi connectivity index (χ1v) is 5.22. The molecule has 0 aliphatic heterocycles. The van der Waals surface area contributed by atoms with Crippen LogP contribution in [0.5, 0.6) is 0 Å². The fourth-order valence-electron chi connectivity index (χ4n) is 0.735. The van der Waals surface area contributed by atoms with Crippen LogP contribution in [-0.4, -0.2) is 19.6 Å². The molecule has 0 aliphatic rings. The number of hydrogen-bond acceptors (Lipinski definition) is 6. The Morgan fingerprint density at radius 3 is 2.29 bits per heavy atom. The van der Waals surface area contributed by atoms with E-state index in [-0.39, 0.29) is 6.61 Å². The lowest BCUT2D eigenvalue weighted by atomic mass is 10.2. The maximum absolute atomic E-state index is 9.76. The van der Waals surface area contributed by atoms with Gasteiger partial charge in [0.15, 0.2) is 0 Å². The molecule has 0 bridgehead atoms. The van der Waals surface area contributed by atoms with Gasteiger partial charge in [-0.05, 0) is 5.56 Å². The molecule has 0 atom stereocenters. The fraction of sp³-hybridized carbons (Fsp3) is 0.125. The van der Waals surface area contributed by atoms with Crippen LogP contribution < -0.4 is 0 Å². The smallest absolute Gasteiger partial charge is 0.294 e. The minimum absolute atomic E-state index is 0.0217. The molecule has 0 unspecified atom stereocenters. The number of isocyanates is 1. The number of benzene rings is 1. The number of carbonyl (C=O) groups excluding carboxylic acids is 1. The van der Waals surface area contributed by atoms with E-state index >= 15 is 0 Å². The molecule has 1 rings (SSSR count). The maximum atomic E-state index is 9.76. The highest BCUT2D eigenvalue weighted by atomic mass is 32.2. The van der Waals surface area contributed by atoms with E-state index in [9.17, 15) is 18.5 Å². The normalized spacial score (nSPS) is 8.53. The Labute approximate surface area is 97.7 Å². The summed E-state index contributed by atoms with van der Waals surface area (Å²) in [7, 11) is -2.90. The van der Waals surface area contributed by atoms with Gasteiger partial charge in [0.1, 0.15) is 6.61 Å². The molecule has 9 heteroatoms. The van der Waals surface area contributed by atoms with Crippen molar-refractivity contribution in [3.8, 4) is 0 Å². The van der Waals surface area contributed by atoms with Crippen LogP contribution in [-0.2, 0) is 27.1 Å². The number of hydrogen-bond donors (Lipinski definition) is 1. The third kappa shape index (κ3) is 10.0. The van der Waals surface area contributed by atoms with Crippen molar-refractivity contribution in [3.63, 3.8) is 0 Å². The van der Waals surface area contributed by atoms with Gasteiger partial charge in [-0.3, -0.25) is 0 Å². The molecule has 92 valence electrons. The van der Waals surface area contributed by atoms with Crippen LogP contribution in [0.15, 0.2) is 34.7 Å². The Kier molecular flexibility index (Phi) is 7.82. The first-order valence-electron chi connectivity index (χ1n) is 4.09. The first-order chi connectivity index (χ1) is 8.06. The molecule has 0 aromatic heterocycles. The molecule has 8 nitrogen and oxygen atoms in total. The molecule has 0 saturated carbocycles. The van der Waals surface area contributed by atoms with E-state index in [1.165, 1.54) is 0 Å². The standard InChI is InChI=1S/C7H7NO3.CHNO3S/c9-8(10)11-6-7-4-2-1-3-5-7;3-1-2-6(4)5/h1-5H,6H2;6H. The lowest BCUT2D eigenvalue weighted by Crippen LogP contribution is -1.99. The monoisotopic (exact) mass is 260 g/mol. The Morgan fingerprint density at radius 2 is 1.94 bits per heavy atom. The first kappa shape index (κ1) is 14.8. The highest BCUT2D eigenvalue weighted by Gasteiger charge is 1.94. The largest absolute Gasteiger partial charge is 0.309 e. The van der Waals surface area contributed by atoms with Gasteiger partial charge >= 0.3 is 0 Å². The molecule has 0 aliphatic carbocycles. The van der Waals surface area contributed by atoms with Gasteiger partial charge in [0, 0.05) is 0 Å². The van der Waals surface area contributed by atoms with Gasteiger partial charge in [-0.25, -0.2) is 13.2 Å². The summed E-state index contributed by atoms with van der Waals surface area (Å²) >= 11 is 0. The topological polar surface area (TPSA) is 116 Å². The molecule has 0 amide bonds. The number of nitrogens with zero attached hydrogens (tertiary/aromatic N) is 2. The average molecular weight is 260 g/mol. The van der Waals surface area contributed by atoms with Crippen molar-refractivity contribution in [1.82, 2.24) is 0 Å². The van der Waals surface area contributed by atoms with Crippen LogP contribution in [0.4, 0.5) is 0 Å². The molecule has 0 fully saturated rings. The molecule has 0 N–H and O–H groups in total. The maximum Gasteiger partial charge on any atom is 0.294 e. The van der Waals surface area contributed by atoms with Crippen LogP contribution in [0.1, 0.15) is 5.56 Å². The van der Waals surface area contributed by atoms with E-state index in [2.05, 4.69) is 9.24 Å². The Balaban J connectivity index is 0.000000366. The zero-order chi connectivity index (χ0) is 13.1. The van der Waals surface area contributed by atoms with Crippen molar-refractivity contribution in [2.24, 2.45) is 4.40 Å². The minimum Gasteiger partial charge on any atom is -0.309 e. The highest BCUT2D eigenvalue weighted by molar-refractivity contribution is 7.71. The second-order valence-electron chi connectivity index (χ2n) is 2.41. The Bertz CT molecular complexity index is 458. The van der Waals surface area contributed by atoms with Gasteiger partial charge in [0.25, 0.3) is 22.1 Å². The van der Waals surface area contributed by atoms with E-state index in [1.807, 2.05) is 6.07 Å². The van der Waals surface area contributed by atoms with Crippen molar-refractivity contribution in [1.29, 1.82) is 0 Å². The zero-order valence-corrected chi connectivity index (χ0v) is 9.28. The lowest BCUT2D eigenvalue weighted by molar-refractivity contribution is -0.763. The van der Waals surface area contributed by atoms with Gasteiger partial charge in [-0.2, -0.15) is 0 Å². The van der Waals surface area contributed by atoms with Gasteiger partial charge in [-0.15, -0.1) is 10.1 Å². The van der Waals surface area contributed by atoms with E-state index < -0.39 is 16.0 Å². The van der Waals surface area contributed by atoms with Crippen molar-refractivity contribution >= 4 is 17.0 Å². The predicted molar refractivity (Wildman–Crippen MR) is 56.7 cm³/mol. The molecule has 0 spiro atoms. The van der Waals surface area contributed by atoms with E-state index in [4.69, 9.17) is 4.79 Å². The Hall–Kier alpha value is -2.25. The highest BCUT2D eigenvalue weighted by Crippen LogP contribution is 1.99. The molecular formula is C8H8N2O6S. The zero-order valence-electron chi connectivity index (χ0n) is 8.38. The molecular weight excluding hydrogens is 252 g/mol. The summed E-state index contributed by atoms with van der Waals surface area (Å²) in [6.45, 7) is 0.0217. The molecule has 0 saturated heterocycles. The minimum atomic E-state index is -2.90. The van der Waals surface area contributed by atoms with Crippen LogP contribution in [0, 0.1) is 10.1 Å². The summed E-state index contributed by atoms with van der Waals surface area (Å²) in [5, 5.41) is 8.96. The average Bonchev–Trinajstić information content (AvgIpc) is 2.28. The van der Waals surface area contributed by atoms with Gasteiger partial charge < -0.3 is 4.84 Å². The summed E-state index contributed by atoms with van der Waals surface area (Å²) in [6.07, 6.45) is 0.846. The Morgan fingerprint density at radius 1 is 1.35 bits per heavy atom. The van der Waals surface area contributed by atoms with Crippen molar-refractivity contribution in [3.05, 3.63) is 46.0 Å². The van der Waals surface area contributed by atoms with Crippen LogP contribution >= 0.6 is 0 Å². The number of rotatable bonds is 4. The lowest BCUT2D eigenvalue weighted by Gasteiger charge is -1.96. The quantitative estimate of drug-likeness (QED) is 0.272. The van der Waals surface area contributed by atoms with Crippen LogP contribution in [0.25, 0.3) is 0 Å². The molecule has 0 heterocycles. The van der Waals surface area contributed by atoms with Crippen LogP contribution in [0.3, 0.4) is 0 Å².